The summed E-state index contributed by atoms with van der Waals surface area (Å²) in [6, 6.07) is 6.21. The number of amides is 1. The smallest absolute Gasteiger partial charge is 0.251 e. The number of carbonyl (C=O) groups is 1. The summed E-state index contributed by atoms with van der Waals surface area (Å²) in [7, 11) is 1.63. The van der Waals surface area contributed by atoms with Crippen molar-refractivity contribution in [3.8, 4) is 5.75 Å². The molecule has 22 heavy (non-hydrogen) atoms. The number of carbonyl (C=O) groups excluding carboxylic acids is 1. The van der Waals surface area contributed by atoms with Crippen LogP contribution in [-0.4, -0.2) is 55.8 Å². The van der Waals surface area contributed by atoms with Crippen molar-refractivity contribution in [1.82, 2.24) is 10.2 Å². The molecule has 5 nitrogen and oxygen atoms in total. The fraction of sp³-hybridized carbons (Fsp3) is 0.588. The monoisotopic (exact) mass is 304 g/mol. The third-order valence-corrected chi connectivity index (χ3v) is 4.68. The second-order valence-corrected chi connectivity index (χ2v) is 6.29. The number of morpholine rings is 1. The first kappa shape index (κ1) is 15.3. The molecule has 0 saturated carbocycles. The molecule has 1 N–H and O–H groups in total. The number of fused-ring (bicyclic) bond motifs is 1. The van der Waals surface area contributed by atoms with Gasteiger partial charge in [-0.15, -0.1) is 0 Å². The molecule has 0 unspecified atom stereocenters. The van der Waals surface area contributed by atoms with E-state index in [1.165, 1.54) is 0 Å². The summed E-state index contributed by atoms with van der Waals surface area (Å²) >= 11 is 0. The SMILES string of the molecule is COc1cccc(C(=O)N[C@@H]2C[C@H]3CO[C@@H](C)CN3C2)c1C. The molecule has 1 aromatic carbocycles. The molecule has 2 heterocycles. The van der Waals surface area contributed by atoms with Crippen LogP contribution in [-0.2, 0) is 4.74 Å². The summed E-state index contributed by atoms with van der Waals surface area (Å²) < 4.78 is 11.0. The van der Waals surface area contributed by atoms with Gasteiger partial charge in [0.1, 0.15) is 5.75 Å². The van der Waals surface area contributed by atoms with Crippen LogP contribution < -0.4 is 10.1 Å². The van der Waals surface area contributed by atoms with Crippen LogP contribution in [0.25, 0.3) is 0 Å². The van der Waals surface area contributed by atoms with Crippen molar-refractivity contribution in [3.05, 3.63) is 29.3 Å². The zero-order valence-corrected chi connectivity index (χ0v) is 13.5. The largest absolute Gasteiger partial charge is 0.496 e. The number of benzene rings is 1. The van der Waals surface area contributed by atoms with Crippen LogP contribution in [0.1, 0.15) is 29.3 Å². The molecular formula is C17H24N2O3. The van der Waals surface area contributed by atoms with Gasteiger partial charge in [0.05, 0.1) is 19.8 Å². The average molecular weight is 304 g/mol. The van der Waals surface area contributed by atoms with Crippen LogP contribution >= 0.6 is 0 Å². The third kappa shape index (κ3) is 2.96. The summed E-state index contributed by atoms with van der Waals surface area (Å²) in [5.41, 5.74) is 1.57. The lowest BCUT2D eigenvalue weighted by Crippen LogP contribution is -2.45. The van der Waals surface area contributed by atoms with Gasteiger partial charge in [-0.3, -0.25) is 9.69 Å². The fourth-order valence-corrected chi connectivity index (χ4v) is 3.49. The van der Waals surface area contributed by atoms with E-state index in [1.54, 1.807) is 7.11 Å². The summed E-state index contributed by atoms with van der Waals surface area (Å²) in [5.74, 6) is 0.730. The first-order valence-corrected chi connectivity index (χ1v) is 7.88. The molecule has 0 aromatic heterocycles. The molecule has 3 atom stereocenters. The van der Waals surface area contributed by atoms with E-state index >= 15 is 0 Å². The summed E-state index contributed by atoms with van der Waals surface area (Å²) in [5, 5.41) is 3.17. The minimum absolute atomic E-state index is 0.0183. The van der Waals surface area contributed by atoms with E-state index in [0.29, 0.717) is 11.6 Å². The fourth-order valence-electron chi connectivity index (χ4n) is 3.49. The van der Waals surface area contributed by atoms with Crippen molar-refractivity contribution in [1.29, 1.82) is 0 Å². The second-order valence-electron chi connectivity index (χ2n) is 6.29. The zero-order valence-electron chi connectivity index (χ0n) is 13.5. The van der Waals surface area contributed by atoms with Gasteiger partial charge in [-0.25, -0.2) is 0 Å². The van der Waals surface area contributed by atoms with Crippen LogP contribution in [0, 0.1) is 6.92 Å². The Bertz CT molecular complexity index is 561. The molecule has 0 bridgehead atoms. The molecule has 2 fully saturated rings. The Morgan fingerprint density at radius 1 is 1.41 bits per heavy atom. The second kappa shape index (κ2) is 6.26. The molecule has 0 radical (unpaired) electrons. The highest BCUT2D eigenvalue weighted by atomic mass is 16.5. The average Bonchev–Trinajstić information content (AvgIpc) is 2.88. The lowest BCUT2D eigenvalue weighted by atomic mass is 10.1. The summed E-state index contributed by atoms with van der Waals surface area (Å²) in [6.07, 6.45) is 1.24. The number of hydrogen-bond donors (Lipinski definition) is 1. The molecule has 2 aliphatic rings. The number of methoxy groups -OCH3 is 1. The van der Waals surface area contributed by atoms with Crippen molar-refractivity contribution in [2.24, 2.45) is 0 Å². The summed E-state index contributed by atoms with van der Waals surface area (Å²) in [4.78, 5) is 15.0. The van der Waals surface area contributed by atoms with Crippen LogP contribution in [0.15, 0.2) is 18.2 Å². The quantitative estimate of drug-likeness (QED) is 0.921. The maximum absolute atomic E-state index is 12.5. The highest BCUT2D eigenvalue weighted by molar-refractivity contribution is 5.96. The molecule has 2 aliphatic heterocycles. The Morgan fingerprint density at radius 3 is 3.00 bits per heavy atom. The molecule has 120 valence electrons. The Morgan fingerprint density at radius 2 is 2.23 bits per heavy atom. The van der Waals surface area contributed by atoms with E-state index in [1.807, 2.05) is 25.1 Å². The zero-order chi connectivity index (χ0) is 15.7. The molecule has 1 amide bonds. The first-order valence-electron chi connectivity index (χ1n) is 7.88. The molecule has 3 rings (SSSR count). The van der Waals surface area contributed by atoms with Gasteiger partial charge in [0.25, 0.3) is 5.91 Å². The van der Waals surface area contributed by atoms with Gasteiger partial charge < -0.3 is 14.8 Å². The Kier molecular flexibility index (Phi) is 4.36. The van der Waals surface area contributed by atoms with E-state index in [9.17, 15) is 4.79 Å². The van der Waals surface area contributed by atoms with Crippen LogP contribution in [0.3, 0.4) is 0 Å². The minimum Gasteiger partial charge on any atom is -0.496 e. The van der Waals surface area contributed by atoms with E-state index in [0.717, 1.165) is 37.4 Å². The highest BCUT2D eigenvalue weighted by Gasteiger charge is 2.36. The molecule has 2 saturated heterocycles. The van der Waals surface area contributed by atoms with Gasteiger partial charge in [-0.1, -0.05) is 6.07 Å². The number of rotatable bonds is 3. The number of nitrogens with one attached hydrogen (secondary N) is 1. The molecular weight excluding hydrogens is 280 g/mol. The van der Waals surface area contributed by atoms with Crippen LogP contribution in [0.5, 0.6) is 5.75 Å². The Hall–Kier alpha value is -1.59. The Balaban J connectivity index is 1.66. The van der Waals surface area contributed by atoms with Crippen molar-refractivity contribution in [2.75, 3.05) is 26.8 Å². The molecule has 5 heteroatoms. The van der Waals surface area contributed by atoms with E-state index < -0.39 is 0 Å². The van der Waals surface area contributed by atoms with Crippen LogP contribution in [0.2, 0.25) is 0 Å². The standard InChI is InChI=1S/C17H24N2O3/c1-11-8-19-9-13(7-14(19)10-22-11)18-17(20)15-5-4-6-16(21-3)12(15)2/h4-6,11,13-14H,7-10H2,1-3H3,(H,18,20)/t11-,13+,14-/m0/s1. The lowest BCUT2D eigenvalue weighted by Gasteiger charge is -2.33. The predicted molar refractivity (Wildman–Crippen MR) is 84.4 cm³/mol. The van der Waals surface area contributed by atoms with Crippen molar-refractivity contribution in [2.45, 2.75) is 38.5 Å². The van der Waals surface area contributed by atoms with Gasteiger partial charge in [0.2, 0.25) is 0 Å². The summed E-state index contributed by atoms with van der Waals surface area (Å²) in [6.45, 7) is 6.65. The van der Waals surface area contributed by atoms with E-state index in [2.05, 4.69) is 17.1 Å². The van der Waals surface area contributed by atoms with Crippen molar-refractivity contribution in [3.63, 3.8) is 0 Å². The number of hydrogen-bond acceptors (Lipinski definition) is 4. The predicted octanol–water partition coefficient (Wildman–Crippen LogP) is 1.60. The number of ether oxygens (including phenoxy) is 2. The molecule has 0 aliphatic carbocycles. The minimum atomic E-state index is -0.0183. The normalized spacial score (nSPS) is 28.2. The maximum Gasteiger partial charge on any atom is 0.251 e. The first-order chi connectivity index (χ1) is 10.6. The molecule has 0 spiro atoms. The van der Waals surface area contributed by atoms with Gasteiger partial charge in [0.15, 0.2) is 0 Å². The third-order valence-electron chi connectivity index (χ3n) is 4.68. The van der Waals surface area contributed by atoms with E-state index in [-0.39, 0.29) is 18.1 Å². The van der Waals surface area contributed by atoms with Crippen LogP contribution in [0.4, 0.5) is 0 Å². The van der Waals surface area contributed by atoms with Gasteiger partial charge >= 0.3 is 0 Å². The molecule has 1 aromatic rings. The van der Waals surface area contributed by atoms with E-state index in [4.69, 9.17) is 9.47 Å². The number of nitrogens with zero attached hydrogens (tertiary/aromatic N) is 1. The highest BCUT2D eigenvalue weighted by Crippen LogP contribution is 2.24. The topological polar surface area (TPSA) is 50.8 Å². The lowest BCUT2D eigenvalue weighted by molar-refractivity contribution is -0.0390. The maximum atomic E-state index is 12.5. The van der Waals surface area contributed by atoms with Gasteiger partial charge in [0, 0.05) is 36.3 Å². The van der Waals surface area contributed by atoms with Crippen molar-refractivity contribution < 1.29 is 14.3 Å². The van der Waals surface area contributed by atoms with Gasteiger partial charge in [-0.2, -0.15) is 0 Å². The van der Waals surface area contributed by atoms with Crippen molar-refractivity contribution >= 4 is 5.91 Å². The van der Waals surface area contributed by atoms with Gasteiger partial charge in [-0.05, 0) is 32.4 Å². The Labute approximate surface area is 131 Å².